The molecule has 1 aliphatic carbocycles. The predicted molar refractivity (Wildman–Crippen MR) is 83.5 cm³/mol. The minimum absolute atomic E-state index is 0.460. The Morgan fingerprint density at radius 1 is 1.23 bits per heavy atom. The van der Waals surface area contributed by atoms with E-state index in [1.807, 2.05) is 24.3 Å². The summed E-state index contributed by atoms with van der Waals surface area (Å²) in [6.07, 6.45) is 2.94. The fraction of sp³-hybridized carbons (Fsp3) is 0.278. The number of carbonyl (C=O) groups is 1. The second-order valence-electron chi connectivity index (χ2n) is 5.64. The Morgan fingerprint density at radius 2 is 2.09 bits per heavy atom. The number of hydrogen-bond acceptors (Lipinski definition) is 3. The van der Waals surface area contributed by atoms with E-state index in [9.17, 15) is 4.79 Å². The molecule has 2 aromatic rings. The molecule has 1 atom stereocenters. The fourth-order valence-corrected chi connectivity index (χ4v) is 3.14. The van der Waals surface area contributed by atoms with Gasteiger partial charge in [-0.05, 0) is 66.1 Å². The lowest BCUT2D eigenvalue weighted by molar-refractivity contribution is 0.0706. The Kier molecular flexibility index (Phi) is 4.11. The molecule has 0 radical (unpaired) electrons. The molecule has 0 heterocycles. The van der Waals surface area contributed by atoms with Gasteiger partial charge in [-0.25, -0.2) is 5.48 Å². The molecule has 0 aliphatic heterocycles. The zero-order valence-corrected chi connectivity index (χ0v) is 12.5. The number of rotatable bonds is 3. The molecule has 0 fully saturated rings. The minimum Gasteiger partial charge on any atom is -0.497 e. The fourth-order valence-electron chi connectivity index (χ4n) is 3.14. The number of carbonyl (C=O) groups excluding carboxylic acids is 1. The average Bonchev–Trinajstić information content (AvgIpc) is 2.60. The third kappa shape index (κ3) is 2.83. The summed E-state index contributed by atoms with van der Waals surface area (Å²) >= 11 is 0. The highest BCUT2D eigenvalue weighted by molar-refractivity contribution is 5.93. The third-order valence-corrected chi connectivity index (χ3v) is 4.36. The number of amides is 1. The van der Waals surface area contributed by atoms with Gasteiger partial charge in [0.2, 0.25) is 0 Å². The van der Waals surface area contributed by atoms with E-state index in [-0.39, 0.29) is 0 Å². The number of fused-ring (bicyclic) bond motifs is 1. The molecule has 0 bridgehead atoms. The van der Waals surface area contributed by atoms with Gasteiger partial charge in [-0.15, -0.1) is 0 Å². The zero-order valence-electron chi connectivity index (χ0n) is 12.5. The van der Waals surface area contributed by atoms with Gasteiger partial charge in [0.05, 0.1) is 7.11 Å². The van der Waals surface area contributed by atoms with Gasteiger partial charge in [0.25, 0.3) is 5.91 Å². The second kappa shape index (κ2) is 6.20. The first-order chi connectivity index (χ1) is 10.7. The maximum atomic E-state index is 11.5. The molecular weight excluding hydrogens is 278 g/mol. The maximum Gasteiger partial charge on any atom is 0.274 e. The molecule has 1 aliphatic rings. The van der Waals surface area contributed by atoms with Gasteiger partial charge in [-0.1, -0.05) is 18.2 Å². The lowest BCUT2D eigenvalue weighted by Crippen LogP contribution is -2.20. The summed E-state index contributed by atoms with van der Waals surface area (Å²) in [4.78, 5) is 11.5. The summed E-state index contributed by atoms with van der Waals surface area (Å²) < 4.78 is 5.30. The van der Waals surface area contributed by atoms with Crippen molar-refractivity contribution in [3.05, 3.63) is 64.7 Å². The molecule has 2 N–H and O–H groups in total. The van der Waals surface area contributed by atoms with Crippen molar-refractivity contribution >= 4 is 5.91 Å². The van der Waals surface area contributed by atoms with Crippen LogP contribution in [0.5, 0.6) is 5.75 Å². The standard InChI is InChI=1S/C18H19NO3/c1-22-17-4-2-3-12(11-17)13-5-6-15-10-16(18(20)19-21)8-7-14(15)9-13/h2-4,7-8,10-11,13,21H,5-6,9H2,1H3,(H,19,20). The Labute approximate surface area is 129 Å². The van der Waals surface area contributed by atoms with Crippen LogP contribution in [0.2, 0.25) is 0 Å². The van der Waals surface area contributed by atoms with E-state index in [4.69, 9.17) is 9.94 Å². The van der Waals surface area contributed by atoms with Gasteiger partial charge in [-0.3, -0.25) is 10.0 Å². The van der Waals surface area contributed by atoms with Crippen LogP contribution in [0, 0.1) is 0 Å². The van der Waals surface area contributed by atoms with Gasteiger partial charge < -0.3 is 4.74 Å². The van der Waals surface area contributed by atoms with Crippen molar-refractivity contribution in [2.45, 2.75) is 25.2 Å². The number of ether oxygens (including phenoxy) is 1. The molecular formula is C18H19NO3. The first-order valence-electron chi connectivity index (χ1n) is 7.41. The van der Waals surface area contributed by atoms with Crippen molar-refractivity contribution in [2.75, 3.05) is 7.11 Å². The van der Waals surface area contributed by atoms with Crippen molar-refractivity contribution in [3.8, 4) is 5.75 Å². The van der Waals surface area contributed by atoms with E-state index in [1.54, 1.807) is 18.7 Å². The Morgan fingerprint density at radius 3 is 2.86 bits per heavy atom. The van der Waals surface area contributed by atoms with Crippen molar-refractivity contribution < 1.29 is 14.7 Å². The van der Waals surface area contributed by atoms with Gasteiger partial charge in [0.1, 0.15) is 5.75 Å². The van der Waals surface area contributed by atoms with E-state index in [2.05, 4.69) is 12.1 Å². The normalized spacial score (nSPS) is 16.7. The van der Waals surface area contributed by atoms with Crippen molar-refractivity contribution in [3.63, 3.8) is 0 Å². The van der Waals surface area contributed by atoms with Crippen LogP contribution < -0.4 is 10.2 Å². The van der Waals surface area contributed by atoms with Crippen molar-refractivity contribution in [1.82, 2.24) is 5.48 Å². The van der Waals surface area contributed by atoms with Crippen LogP contribution >= 0.6 is 0 Å². The van der Waals surface area contributed by atoms with Crippen LogP contribution in [0.4, 0.5) is 0 Å². The predicted octanol–water partition coefficient (Wildman–Crippen LogP) is 3.09. The summed E-state index contributed by atoms with van der Waals surface area (Å²) in [6, 6.07) is 13.9. The Balaban J connectivity index is 1.83. The molecule has 2 aromatic carbocycles. The maximum absolute atomic E-state index is 11.5. The SMILES string of the molecule is COc1cccc(C2CCc3cc(C(=O)NO)ccc3C2)c1. The lowest BCUT2D eigenvalue weighted by atomic mass is 9.79. The molecule has 0 saturated carbocycles. The summed E-state index contributed by atoms with van der Waals surface area (Å²) in [5.74, 6) is 0.899. The first-order valence-corrected chi connectivity index (χ1v) is 7.41. The number of nitrogens with one attached hydrogen (secondary N) is 1. The smallest absolute Gasteiger partial charge is 0.274 e. The van der Waals surface area contributed by atoms with Crippen LogP contribution in [0.25, 0.3) is 0 Å². The lowest BCUT2D eigenvalue weighted by Gasteiger charge is -2.25. The van der Waals surface area contributed by atoms with E-state index in [0.717, 1.165) is 25.0 Å². The molecule has 1 amide bonds. The quantitative estimate of drug-likeness (QED) is 0.676. The molecule has 0 spiro atoms. The van der Waals surface area contributed by atoms with Crippen molar-refractivity contribution in [2.24, 2.45) is 0 Å². The van der Waals surface area contributed by atoms with E-state index in [0.29, 0.717) is 11.5 Å². The number of hydroxylamine groups is 1. The zero-order chi connectivity index (χ0) is 15.5. The van der Waals surface area contributed by atoms with Crippen LogP contribution in [-0.2, 0) is 12.8 Å². The van der Waals surface area contributed by atoms with Crippen LogP contribution in [-0.4, -0.2) is 18.2 Å². The number of aryl methyl sites for hydroxylation is 1. The van der Waals surface area contributed by atoms with E-state index >= 15 is 0 Å². The van der Waals surface area contributed by atoms with Gasteiger partial charge in [-0.2, -0.15) is 0 Å². The second-order valence-corrected chi connectivity index (χ2v) is 5.64. The van der Waals surface area contributed by atoms with Gasteiger partial charge in [0, 0.05) is 5.56 Å². The van der Waals surface area contributed by atoms with E-state index in [1.165, 1.54) is 16.7 Å². The third-order valence-electron chi connectivity index (χ3n) is 4.36. The summed E-state index contributed by atoms with van der Waals surface area (Å²) in [5, 5.41) is 8.72. The van der Waals surface area contributed by atoms with Gasteiger partial charge in [0.15, 0.2) is 0 Å². The highest BCUT2D eigenvalue weighted by atomic mass is 16.5. The number of hydrogen-bond donors (Lipinski definition) is 2. The summed E-state index contributed by atoms with van der Waals surface area (Å²) in [6.45, 7) is 0. The molecule has 22 heavy (non-hydrogen) atoms. The molecule has 4 nitrogen and oxygen atoms in total. The molecule has 4 heteroatoms. The average molecular weight is 297 g/mol. The number of benzene rings is 2. The van der Waals surface area contributed by atoms with E-state index < -0.39 is 5.91 Å². The number of methoxy groups -OCH3 is 1. The highest BCUT2D eigenvalue weighted by Gasteiger charge is 2.21. The van der Waals surface area contributed by atoms with Crippen molar-refractivity contribution in [1.29, 1.82) is 0 Å². The van der Waals surface area contributed by atoms with Crippen LogP contribution in [0.15, 0.2) is 42.5 Å². The first kappa shape index (κ1) is 14.6. The van der Waals surface area contributed by atoms with Gasteiger partial charge >= 0.3 is 0 Å². The Bertz CT molecular complexity index is 696. The largest absolute Gasteiger partial charge is 0.497 e. The van der Waals surface area contributed by atoms with Crippen LogP contribution in [0.3, 0.4) is 0 Å². The molecule has 114 valence electrons. The summed E-state index contributed by atoms with van der Waals surface area (Å²) in [5.41, 5.74) is 5.94. The minimum atomic E-state index is -0.460. The topological polar surface area (TPSA) is 58.6 Å². The van der Waals surface area contributed by atoms with Crippen LogP contribution in [0.1, 0.15) is 39.4 Å². The molecule has 3 rings (SSSR count). The molecule has 0 aromatic heterocycles. The highest BCUT2D eigenvalue weighted by Crippen LogP contribution is 2.34. The molecule has 0 saturated heterocycles. The Hall–Kier alpha value is -2.33. The summed E-state index contributed by atoms with van der Waals surface area (Å²) in [7, 11) is 1.68. The monoisotopic (exact) mass is 297 g/mol. The molecule has 1 unspecified atom stereocenters.